The fraction of sp³-hybridized carbons (Fsp3) is 0.0667. The third kappa shape index (κ3) is 2.66. The average molecular weight is 297 g/mol. The van der Waals surface area contributed by atoms with Crippen LogP contribution in [0.15, 0.2) is 47.6 Å². The van der Waals surface area contributed by atoms with E-state index < -0.39 is 0 Å². The van der Waals surface area contributed by atoms with Gasteiger partial charge in [0.05, 0.1) is 20.8 Å². The van der Waals surface area contributed by atoms with E-state index in [1.165, 1.54) is 0 Å². The van der Waals surface area contributed by atoms with Gasteiger partial charge in [-0.3, -0.25) is 9.98 Å². The molecule has 1 aromatic carbocycles. The zero-order chi connectivity index (χ0) is 14.8. The van der Waals surface area contributed by atoms with Crippen LogP contribution in [0.4, 0.5) is 17.1 Å². The van der Waals surface area contributed by atoms with E-state index >= 15 is 0 Å². The van der Waals surface area contributed by atoms with Crippen LogP contribution in [0.2, 0.25) is 0 Å². The second-order valence-corrected chi connectivity index (χ2v) is 5.59. The van der Waals surface area contributed by atoms with Crippen LogP contribution in [0.5, 0.6) is 0 Å². The van der Waals surface area contributed by atoms with Crippen LogP contribution in [0.1, 0.15) is 4.88 Å². The molecule has 0 atom stereocenters. The maximum Gasteiger partial charge on any atom is 0.135 e. The molecule has 21 heavy (non-hydrogen) atoms. The SMILES string of the molecule is CN=C(N)c1cc2nccc(Nc3ccc(N)cc3)c2s1. The van der Waals surface area contributed by atoms with Crippen molar-refractivity contribution in [2.45, 2.75) is 0 Å². The summed E-state index contributed by atoms with van der Waals surface area (Å²) in [5.74, 6) is 0.524. The molecule has 0 aliphatic rings. The van der Waals surface area contributed by atoms with Gasteiger partial charge in [0, 0.05) is 24.6 Å². The Morgan fingerprint density at radius 3 is 2.71 bits per heavy atom. The highest BCUT2D eigenvalue weighted by molar-refractivity contribution is 7.21. The Kier molecular flexibility index (Phi) is 3.45. The topological polar surface area (TPSA) is 89.3 Å². The van der Waals surface area contributed by atoms with E-state index in [4.69, 9.17) is 11.5 Å². The smallest absolute Gasteiger partial charge is 0.135 e. The van der Waals surface area contributed by atoms with Crippen LogP contribution in [0.25, 0.3) is 10.2 Å². The quantitative estimate of drug-likeness (QED) is 0.394. The van der Waals surface area contributed by atoms with Crippen molar-refractivity contribution in [2.75, 3.05) is 18.1 Å². The van der Waals surface area contributed by atoms with Crippen molar-refractivity contribution in [1.29, 1.82) is 0 Å². The largest absolute Gasteiger partial charge is 0.399 e. The van der Waals surface area contributed by atoms with Crippen molar-refractivity contribution in [3.05, 3.63) is 47.5 Å². The maximum atomic E-state index is 5.88. The first-order valence-corrected chi connectivity index (χ1v) is 7.23. The van der Waals surface area contributed by atoms with Gasteiger partial charge in [0.25, 0.3) is 0 Å². The summed E-state index contributed by atoms with van der Waals surface area (Å²) in [4.78, 5) is 9.32. The first-order chi connectivity index (χ1) is 10.2. The molecule has 0 unspecified atom stereocenters. The standard InChI is InChI=1S/C15H15N5S/c1-18-15(17)13-8-12-14(21-13)11(6-7-19-12)20-10-4-2-9(16)3-5-10/h2-8H,16H2,1H3,(H2,17,18)(H,19,20). The molecule has 2 heterocycles. The summed E-state index contributed by atoms with van der Waals surface area (Å²) in [6, 6.07) is 11.5. The number of pyridine rings is 1. The molecule has 5 N–H and O–H groups in total. The number of nitrogens with zero attached hydrogens (tertiary/aromatic N) is 2. The number of aromatic nitrogens is 1. The van der Waals surface area contributed by atoms with Crippen LogP contribution in [0.3, 0.4) is 0 Å². The molecule has 2 aromatic heterocycles. The van der Waals surface area contributed by atoms with Crippen molar-refractivity contribution in [3.8, 4) is 0 Å². The van der Waals surface area contributed by atoms with Crippen LogP contribution >= 0.6 is 11.3 Å². The van der Waals surface area contributed by atoms with E-state index in [2.05, 4.69) is 15.3 Å². The number of hydrogen-bond donors (Lipinski definition) is 3. The monoisotopic (exact) mass is 297 g/mol. The van der Waals surface area contributed by atoms with Crippen molar-refractivity contribution >= 4 is 44.5 Å². The van der Waals surface area contributed by atoms with Gasteiger partial charge in [-0.1, -0.05) is 0 Å². The van der Waals surface area contributed by atoms with Gasteiger partial charge >= 0.3 is 0 Å². The first kappa shape index (κ1) is 13.4. The summed E-state index contributed by atoms with van der Waals surface area (Å²) in [7, 11) is 1.68. The zero-order valence-corrected chi connectivity index (χ0v) is 12.3. The second kappa shape index (κ2) is 5.41. The lowest BCUT2D eigenvalue weighted by Crippen LogP contribution is -2.10. The lowest BCUT2D eigenvalue weighted by molar-refractivity contribution is 1.40. The zero-order valence-electron chi connectivity index (χ0n) is 11.5. The molecule has 0 radical (unpaired) electrons. The predicted molar refractivity (Wildman–Crippen MR) is 90.4 cm³/mol. The number of anilines is 3. The fourth-order valence-corrected chi connectivity index (χ4v) is 3.03. The molecule has 0 spiro atoms. The van der Waals surface area contributed by atoms with Gasteiger partial charge < -0.3 is 16.8 Å². The minimum atomic E-state index is 0.524. The molecule has 3 aromatic rings. The number of fused-ring (bicyclic) bond motifs is 1. The summed E-state index contributed by atoms with van der Waals surface area (Å²) in [5.41, 5.74) is 15.2. The van der Waals surface area contributed by atoms with E-state index in [0.29, 0.717) is 5.84 Å². The van der Waals surface area contributed by atoms with Crippen molar-refractivity contribution in [3.63, 3.8) is 0 Å². The van der Waals surface area contributed by atoms with Gasteiger partial charge in [-0.05, 0) is 36.4 Å². The summed E-state index contributed by atoms with van der Waals surface area (Å²) < 4.78 is 1.05. The summed E-state index contributed by atoms with van der Waals surface area (Å²) in [6.45, 7) is 0. The van der Waals surface area contributed by atoms with E-state index in [1.54, 1.807) is 24.6 Å². The highest BCUT2D eigenvalue weighted by Gasteiger charge is 2.09. The van der Waals surface area contributed by atoms with E-state index in [1.807, 2.05) is 36.4 Å². The Hall–Kier alpha value is -2.60. The Balaban J connectivity index is 2.02. The summed E-state index contributed by atoms with van der Waals surface area (Å²) in [6.07, 6.45) is 1.78. The molecule has 5 nitrogen and oxygen atoms in total. The molecule has 6 heteroatoms. The highest BCUT2D eigenvalue weighted by atomic mass is 32.1. The lowest BCUT2D eigenvalue weighted by Gasteiger charge is -2.07. The highest BCUT2D eigenvalue weighted by Crippen LogP contribution is 2.32. The minimum absolute atomic E-state index is 0.524. The Morgan fingerprint density at radius 2 is 2.00 bits per heavy atom. The van der Waals surface area contributed by atoms with Gasteiger partial charge in [0.1, 0.15) is 5.84 Å². The maximum absolute atomic E-state index is 5.88. The number of nitrogen functional groups attached to an aromatic ring is 1. The fourth-order valence-electron chi connectivity index (χ4n) is 1.99. The first-order valence-electron chi connectivity index (χ1n) is 6.41. The average Bonchev–Trinajstić information content (AvgIpc) is 2.94. The molecule has 0 saturated carbocycles. The Morgan fingerprint density at radius 1 is 1.24 bits per heavy atom. The van der Waals surface area contributed by atoms with Crippen LogP contribution in [0, 0.1) is 0 Å². The Bertz CT molecular complexity index is 805. The second-order valence-electron chi connectivity index (χ2n) is 4.54. The molecule has 0 aliphatic heterocycles. The van der Waals surface area contributed by atoms with Crippen LogP contribution in [-0.4, -0.2) is 17.9 Å². The van der Waals surface area contributed by atoms with E-state index in [-0.39, 0.29) is 0 Å². The number of aliphatic imine (C=N–C) groups is 1. The van der Waals surface area contributed by atoms with E-state index in [9.17, 15) is 0 Å². The molecule has 0 fully saturated rings. The number of amidine groups is 1. The van der Waals surface area contributed by atoms with Gasteiger partial charge in [-0.2, -0.15) is 0 Å². The van der Waals surface area contributed by atoms with Gasteiger partial charge in [0.15, 0.2) is 0 Å². The van der Waals surface area contributed by atoms with Crippen molar-refractivity contribution in [1.82, 2.24) is 4.98 Å². The molecular formula is C15H15N5S. The molecule has 106 valence electrons. The molecule has 0 bridgehead atoms. The number of nitrogens with two attached hydrogens (primary N) is 2. The summed E-state index contributed by atoms with van der Waals surface area (Å²) >= 11 is 1.57. The van der Waals surface area contributed by atoms with Crippen molar-refractivity contribution in [2.24, 2.45) is 10.7 Å². The van der Waals surface area contributed by atoms with Crippen molar-refractivity contribution < 1.29 is 0 Å². The molecule has 3 rings (SSSR count). The van der Waals surface area contributed by atoms with Gasteiger partial charge in [-0.25, -0.2) is 0 Å². The lowest BCUT2D eigenvalue weighted by atomic mass is 10.2. The van der Waals surface area contributed by atoms with Gasteiger partial charge in [0.2, 0.25) is 0 Å². The third-order valence-electron chi connectivity index (χ3n) is 3.09. The molecule has 0 aliphatic carbocycles. The predicted octanol–water partition coefficient (Wildman–Crippen LogP) is 2.96. The van der Waals surface area contributed by atoms with Gasteiger partial charge in [-0.15, -0.1) is 11.3 Å². The molecule has 0 amide bonds. The number of hydrogen-bond acceptors (Lipinski definition) is 5. The number of thiophene rings is 1. The Labute approximate surface area is 126 Å². The molecular weight excluding hydrogens is 282 g/mol. The number of benzene rings is 1. The third-order valence-corrected chi connectivity index (χ3v) is 4.28. The number of rotatable bonds is 3. The number of nitrogens with one attached hydrogen (secondary N) is 1. The van der Waals surface area contributed by atoms with Crippen LogP contribution < -0.4 is 16.8 Å². The van der Waals surface area contributed by atoms with Crippen LogP contribution in [-0.2, 0) is 0 Å². The summed E-state index contributed by atoms with van der Waals surface area (Å²) in [5, 5.41) is 3.38. The van der Waals surface area contributed by atoms with E-state index in [0.717, 1.165) is 32.2 Å². The minimum Gasteiger partial charge on any atom is -0.399 e. The molecule has 0 saturated heterocycles. The normalized spacial score (nSPS) is 11.8.